The van der Waals surface area contributed by atoms with Crippen molar-refractivity contribution in [3.8, 4) is 0 Å². The zero-order chi connectivity index (χ0) is 20.8. The first-order valence-corrected chi connectivity index (χ1v) is 8.52. The Kier molecular flexibility index (Phi) is 5.13. The van der Waals surface area contributed by atoms with Crippen LogP contribution in [0.1, 0.15) is 17.3 Å². The summed E-state index contributed by atoms with van der Waals surface area (Å²) in [4.78, 5) is 14.5. The fraction of sp³-hybridized carbons (Fsp3) is 0.353. The van der Waals surface area contributed by atoms with Crippen molar-refractivity contribution < 1.29 is 26.7 Å². The number of anilines is 1. The quantitative estimate of drug-likeness (QED) is 0.614. The molecule has 2 aromatic rings. The molecule has 1 amide bonds. The lowest BCUT2D eigenvalue weighted by atomic mass is 9.91. The van der Waals surface area contributed by atoms with Crippen LogP contribution in [0.4, 0.5) is 27.6 Å². The normalized spacial score (nSPS) is 20.0. The second-order valence-corrected chi connectivity index (χ2v) is 6.89. The van der Waals surface area contributed by atoms with Gasteiger partial charge in [-0.3, -0.25) is 9.48 Å². The third-order valence-electron chi connectivity index (χ3n) is 4.58. The second-order valence-electron chi connectivity index (χ2n) is 6.47. The van der Waals surface area contributed by atoms with E-state index in [0.29, 0.717) is 4.68 Å². The van der Waals surface area contributed by atoms with Crippen LogP contribution in [0.2, 0.25) is 0 Å². The number of aromatic nitrogens is 2. The van der Waals surface area contributed by atoms with Crippen LogP contribution in [0.15, 0.2) is 24.3 Å². The molecule has 28 heavy (non-hydrogen) atoms. The van der Waals surface area contributed by atoms with E-state index in [1.807, 2.05) is 0 Å². The van der Waals surface area contributed by atoms with Crippen molar-refractivity contribution in [2.75, 3.05) is 18.9 Å². The molecule has 0 spiro atoms. The molecule has 1 saturated heterocycles. The number of amides is 1. The van der Waals surface area contributed by atoms with Gasteiger partial charge in [0.05, 0.1) is 22.3 Å². The van der Waals surface area contributed by atoms with Crippen molar-refractivity contribution >= 4 is 28.8 Å². The number of nitrogens with zero attached hydrogens (tertiary/aromatic N) is 3. The van der Waals surface area contributed by atoms with Crippen molar-refractivity contribution in [2.45, 2.75) is 12.1 Å². The minimum atomic E-state index is -4.60. The Labute approximate surface area is 162 Å². The predicted molar refractivity (Wildman–Crippen MR) is 94.7 cm³/mol. The second kappa shape index (κ2) is 7.12. The summed E-state index contributed by atoms with van der Waals surface area (Å²) in [5.41, 5.74) is -1.29. The number of carbonyl (C=O) groups excluding carboxylic acids is 1. The molecule has 5 nitrogen and oxygen atoms in total. The molecule has 1 aromatic carbocycles. The molecule has 0 radical (unpaired) electrons. The van der Waals surface area contributed by atoms with Gasteiger partial charge in [-0.25, -0.2) is 8.78 Å². The topological polar surface area (TPSA) is 50.2 Å². The van der Waals surface area contributed by atoms with Gasteiger partial charge < -0.3 is 10.2 Å². The van der Waals surface area contributed by atoms with Gasteiger partial charge in [0, 0.05) is 26.6 Å². The Hall–Kier alpha value is -2.56. The molecule has 1 aliphatic heterocycles. The molecule has 0 saturated carbocycles. The molecule has 2 atom stereocenters. The molecule has 0 bridgehead atoms. The van der Waals surface area contributed by atoms with Crippen LogP contribution >= 0.6 is 12.2 Å². The summed E-state index contributed by atoms with van der Waals surface area (Å²) in [5, 5.41) is 6.17. The number of likely N-dealkylation sites (tertiary alicyclic amines) is 1. The number of likely N-dealkylation sites (N-methyl/N-ethyl adjacent to an activating group) is 1. The Morgan fingerprint density at radius 2 is 1.96 bits per heavy atom. The monoisotopic (exact) mass is 418 g/mol. The van der Waals surface area contributed by atoms with Crippen LogP contribution in [0.3, 0.4) is 0 Å². The molecule has 2 heterocycles. The van der Waals surface area contributed by atoms with Gasteiger partial charge in [-0.05, 0) is 18.2 Å². The van der Waals surface area contributed by atoms with Crippen molar-refractivity contribution in [3.63, 3.8) is 0 Å². The highest BCUT2D eigenvalue weighted by Gasteiger charge is 2.44. The first kappa shape index (κ1) is 20.2. The van der Waals surface area contributed by atoms with Gasteiger partial charge in [-0.1, -0.05) is 18.3 Å². The van der Waals surface area contributed by atoms with Gasteiger partial charge in [0.15, 0.2) is 11.6 Å². The Morgan fingerprint density at radius 1 is 1.29 bits per heavy atom. The van der Waals surface area contributed by atoms with Crippen molar-refractivity contribution in [1.82, 2.24) is 14.7 Å². The zero-order valence-electron chi connectivity index (χ0n) is 14.7. The summed E-state index contributed by atoms with van der Waals surface area (Å²) in [6, 6.07) is 4.17. The SMILES string of the molecule is CN1C[C@H](c2cc(C(F)(F)F)n(C)n2)[C@@H](C(=O)Nc2cccc(F)c2F)C1=S. The van der Waals surface area contributed by atoms with Crippen molar-refractivity contribution in [2.24, 2.45) is 13.0 Å². The van der Waals surface area contributed by atoms with E-state index in [2.05, 4.69) is 10.4 Å². The number of alkyl halides is 3. The lowest BCUT2D eigenvalue weighted by Gasteiger charge is -2.17. The summed E-state index contributed by atoms with van der Waals surface area (Å²) < 4.78 is 67.1. The number of benzene rings is 1. The van der Waals surface area contributed by atoms with E-state index in [1.165, 1.54) is 12.1 Å². The van der Waals surface area contributed by atoms with E-state index in [4.69, 9.17) is 12.2 Å². The van der Waals surface area contributed by atoms with Gasteiger partial charge in [-0.2, -0.15) is 18.3 Å². The predicted octanol–water partition coefficient (Wildman–Crippen LogP) is 3.33. The van der Waals surface area contributed by atoms with Crippen LogP contribution in [-0.2, 0) is 18.0 Å². The van der Waals surface area contributed by atoms with E-state index < -0.39 is 41.2 Å². The molecule has 0 unspecified atom stereocenters. The first-order chi connectivity index (χ1) is 13.0. The summed E-state index contributed by atoms with van der Waals surface area (Å²) in [6.45, 7) is 0.164. The number of carbonyl (C=O) groups is 1. The van der Waals surface area contributed by atoms with E-state index in [9.17, 15) is 26.7 Å². The molecule has 1 aliphatic rings. The first-order valence-electron chi connectivity index (χ1n) is 8.11. The Balaban J connectivity index is 1.93. The molecule has 0 aliphatic carbocycles. The van der Waals surface area contributed by atoms with E-state index >= 15 is 0 Å². The Morgan fingerprint density at radius 3 is 2.57 bits per heavy atom. The number of hydrogen-bond donors (Lipinski definition) is 1. The van der Waals surface area contributed by atoms with Crippen molar-refractivity contribution in [1.29, 1.82) is 0 Å². The standard InChI is InChI=1S/C17H15F5N4OS/c1-25-7-8(11-6-12(17(20,21)22)26(2)24-11)13(16(25)28)15(27)23-10-5-3-4-9(18)14(10)19/h3-6,8,13H,7H2,1-2H3,(H,23,27)/t8-,13+/m1/s1. The molecule has 1 aromatic heterocycles. The maximum Gasteiger partial charge on any atom is 0.433 e. The fourth-order valence-electron chi connectivity index (χ4n) is 3.21. The lowest BCUT2D eigenvalue weighted by Crippen LogP contribution is -2.32. The summed E-state index contributed by atoms with van der Waals surface area (Å²) in [6.07, 6.45) is -4.60. The number of hydrogen-bond acceptors (Lipinski definition) is 3. The lowest BCUT2D eigenvalue weighted by molar-refractivity contribution is -0.143. The van der Waals surface area contributed by atoms with Gasteiger partial charge in [0.1, 0.15) is 5.69 Å². The van der Waals surface area contributed by atoms with Crippen LogP contribution in [0.5, 0.6) is 0 Å². The third kappa shape index (κ3) is 3.58. The van der Waals surface area contributed by atoms with Crippen LogP contribution in [0, 0.1) is 17.6 Å². The van der Waals surface area contributed by atoms with Gasteiger partial charge in [0.25, 0.3) is 0 Å². The third-order valence-corrected chi connectivity index (χ3v) is 5.14. The average molecular weight is 418 g/mol. The number of rotatable bonds is 3. The van der Waals surface area contributed by atoms with Crippen LogP contribution in [0.25, 0.3) is 0 Å². The number of aryl methyl sites for hydroxylation is 1. The van der Waals surface area contributed by atoms with E-state index in [1.54, 1.807) is 11.9 Å². The highest BCUT2D eigenvalue weighted by Crippen LogP contribution is 2.37. The summed E-state index contributed by atoms with van der Waals surface area (Å²) in [5.74, 6) is -4.94. The molecule has 1 N–H and O–H groups in total. The largest absolute Gasteiger partial charge is 0.433 e. The highest BCUT2D eigenvalue weighted by atomic mass is 32.1. The van der Waals surface area contributed by atoms with E-state index in [-0.39, 0.29) is 22.9 Å². The maximum atomic E-state index is 13.9. The Bertz CT molecular complexity index is 942. The minimum Gasteiger partial charge on any atom is -0.368 e. The van der Waals surface area contributed by atoms with Gasteiger partial charge in [-0.15, -0.1) is 0 Å². The highest BCUT2D eigenvalue weighted by molar-refractivity contribution is 7.80. The van der Waals surface area contributed by atoms with Gasteiger partial charge in [0.2, 0.25) is 5.91 Å². The van der Waals surface area contributed by atoms with Gasteiger partial charge >= 0.3 is 6.18 Å². The molecule has 11 heteroatoms. The minimum absolute atomic E-state index is 0.0430. The fourth-order valence-corrected chi connectivity index (χ4v) is 3.55. The molecular formula is C17H15F5N4OS. The average Bonchev–Trinajstić information content (AvgIpc) is 3.12. The van der Waals surface area contributed by atoms with E-state index in [0.717, 1.165) is 19.2 Å². The van der Waals surface area contributed by atoms with Crippen LogP contribution in [-0.4, -0.2) is 39.2 Å². The smallest absolute Gasteiger partial charge is 0.368 e. The molecule has 3 rings (SSSR count). The summed E-state index contributed by atoms with van der Waals surface area (Å²) >= 11 is 5.24. The molecule has 150 valence electrons. The maximum absolute atomic E-state index is 13.9. The zero-order valence-corrected chi connectivity index (χ0v) is 15.5. The number of nitrogens with one attached hydrogen (secondary N) is 1. The van der Waals surface area contributed by atoms with Crippen molar-refractivity contribution in [3.05, 3.63) is 47.3 Å². The number of thiocarbonyl (C=S) groups is 1. The molecule has 1 fully saturated rings. The number of halogens is 5. The van der Waals surface area contributed by atoms with Crippen LogP contribution < -0.4 is 5.32 Å². The molecular weight excluding hydrogens is 403 g/mol. The summed E-state index contributed by atoms with van der Waals surface area (Å²) in [7, 11) is 2.75.